The van der Waals surface area contributed by atoms with Crippen LogP contribution in [-0.4, -0.2) is 38.0 Å². The van der Waals surface area contributed by atoms with Crippen molar-refractivity contribution >= 4 is 33.3 Å². The highest BCUT2D eigenvalue weighted by atomic mass is 32.2. The lowest BCUT2D eigenvalue weighted by molar-refractivity contribution is -0.122. The lowest BCUT2D eigenvalue weighted by Gasteiger charge is -2.13. The molecule has 0 atom stereocenters. The molecule has 0 radical (unpaired) electrons. The number of hydrogen-bond donors (Lipinski definition) is 4. The number of nitrogens with one attached hydrogen (secondary N) is 2. The van der Waals surface area contributed by atoms with Gasteiger partial charge in [-0.15, -0.1) is 0 Å². The first-order valence-corrected chi connectivity index (χ1v) is 10.3. The Morgan fingerprint density at radius 2 is 2.03 bits per heavy atom. The van der Waals surface area contributed by atoms with E-state index in [1.165, 1.54) is 36.4 Å². The van der Waals surface area contributed by atoms with E-state index >= 15 is 0 Å². The molecule has 0 unspecified atom stereocenters. The minimum absolute atomic E-state index is 0.0149. The van der Waals surface area contributed by atoms with Crippen molar-refractivity contribution in [2.75, 3.05) is 17.9 Å². The molecule has 31 heavy (non-hydrogen) atoms. The number of hydrogen-bond acceptors (Lipinski definition) is 6. The van der Waals surface area contributed by atoms with E-state index in [1.54, 1.807) is 6.92 Å². The van der Waals surface area contributed by atoms with Crippen LogP contribution in [0.5, 0.6) is 0 Å². The van der Waals surface area contributed by atoms with Gasteiger partial charge in [0.2, 0.25) is 11.9 Å². The zero-order valence-electron chi connectivity index (χ0n) is 16.5. The highest BCUT2D eigenvalue weighted by Gasteiger charge is 2.18. The number of nitrogens with zero attached hydrogens (tertiary/aromatic N) is 3. The SMILES string of the molecule is [C-]#[N+]c1cccc(S(=O)(=O)Nc2ccc(C)n(CC(=O)NCCON=C(N)N)c2=O)c1. The molecule has 164 valence electrons. The van der Waals surface area contributed by atoms with Gasteiger partial charge in [-0.1, -0.05) is 12.1 Å². The summed E-state index contributed by atoms with van der Waals surface area (Å²) in [4.78, 5) is 32.6. The highest BCUT2D eigenvalue weighted by Crippen LogP contribution is 2.19. The van der Waals surface area contributed by atoms with Crippen LogP contribution in [-0.2, 0) is 26.2 Å². The Labute approximate surface area is 178 Å². The number of guanidine groups is 1. The Morgan fingerprint density at radius 3 is 2.71 bits per heavy atom. The minimum Gasteiger partial charge on any atom is -0.391 e. The number of aryl methyl sites for hydroxylation is 1. The molecule has 0 aliphatic heterocycles. The molecule has 0 saturated heterocycles. The van der Waals surface area contributed by atoms with E-state index in [9.17, 15) is 18.0 Å². The Bertz CT molecular complexity index is 1190. The van der Waals surface area contributed by atoms with Crippen LogP contribution in [0.4, 0.5) is 11.4 Å². The Kier molecular flexibility index (Phi) is 7.58. The van der Waals surface area contributed by atoms with Crippen LogP contribution in [0.15, 0.2) is 51.2 Å². The molecule has 2 rings (SSSR count). The number of anilines is 1. The number of sulfonamides is 1. The molecule has 1 aromatic carbocycles. The van der Waals surface area contributed by atoms with Crippen LogP contribution >= 0.6 is 0 Å². The molecule has 0 fully saturated rings. The van der Waals surface area contributed by atoms with Crippen LogP contribution in [0.25, 0.3) is 4.85 Å². The quantitative estimate of drug-likeness (QED) is 0.136. The Morgan fingerprint density at radius 1 is 1.29 bits per heavy atom. The van der Waals surface area contributed by atoms with Crippen LogP contribution < -0.4 is 27.1 Å². The van der Waals surface area contributed by atoms with Crippen molar-refractivity contribution in [1.29, 1.82) is 0 Å². The number of carbonyl (C=O) groups is 1. The minimum atomic E-state index is -4.11. The lowest BCUT2D eigenvalue weighted by Crippen LogP contribution is -2.36. The molecular formula is C18H21N7O5S. The summed E-state index contributed by atoms with van der Waals surface area (Å²) in [6.45, 7) is 8.37. The topological polar surface area (TPSA) is 175 Å². The van der Waals surface area contributed by atoms with Crippen LogP contribution in [0.2, 0.25) is 0 Å². The first kappa shape index (κ1) is 23.2. The van der Waals surface area contributed by atoms with Crippen LogP contribution in [0.3, 0.4) is 0 Å². The monoisotopic (exact) mass is 447 g/mol. The molecule has 1 aromatic heterocycles. The molecule has 12 nitrogen and oxygen atoms in total. The van der Waals surface area contributed by atoms with E-state index in [2.05, 4.69) is 20.0 Å². The van der Waals surface area contributed by atoms with Gasteiger partial charge >= 0.3 is 0 Å². The summed E-state index contributed by atoms with van der Waals surface area (Å²) in [6, 6.07) is 8.21. The van der Waals surface area contributed by atoms with Gasteiger partial charge < -0.3 is 26.2 Å². The van der Waals surface area contributed by atoms with Gasteiger partial charge in [0.25, 0.3) is 15.6 Å². The number of rotatable bonds is 9. The molecular weight excluding hydrogens is 426 g/mol. The number of benzene rings is 1. The zero-order valence-corrected chi connectivity index (χ0v) is 17.3. The van der Waals surface area contributed by atoms with Crippen molar-refractivity contribution in [2.45, 2.75) is 18.4 Å². The van der Waals surface area contributed by atoms with Crippen molar-refractivity contribution in [1.82, 2.24) is 9.88 Å². The Balaban J connectivity index is 2.15. The maximum Gasteiger partial charge on any atom is 0.275 e. The van der Waals surface area contributed by atoms with E-state index in [0.29, 0.717) is 5.69 Å². The highest BCUT2D eigenvalue weighted by molar-refractivity contribution is 7.92. The largest absolute Gasteiger partial charge is 0.391 e. The maximum absolute atomic E-state index is 12.7. The predicted octanol–water partition coefficient (Wildman–Crippen LogP) is -0.170. The maximum atomic E-state index is 12.7. The second kappa shape index (κ2) is 10.1. The molecule has 0 aliphatic rings. The van der Waals surface area contributed by atoms with Gasteiger partial charge in [0, 0.05) is 5.69 Å². The van der Waals surface area contributed by atoms with E-state index in [-0.39, 0.29) is 41.9 Å². The zero-order chi connectivity index (χ0) is 23.0. The summed E-state index contributed by atoms with van der Waals surface area (Å²) in [5.41, 5.74) is 9.86. The van der Waals surface area contributed by atoms with Gasteiger partial charge in [0.05, 0.1) is 18.0 Å². The van der Waals surface area contributed by atoms with Crippen molar-refractivity contribution < 1.29 is 18.0 Å². The average molecular weight is 447 g/mol. The summed E-state index contributed by atoms with van der Waals surface area (Å²) < 4.78 is 28.6. The fourth-order valence-corrected chi connectivity index (χ4v) is 3.52. The lowest BCUT2D eigenvalue weighted by atomic mass is 10.3. The van der Waals surface area contributed by atoms with E-state index in [0.717, 1.165) is 4.57 Å². The summed E-state index contributed by atoms with van der Waals surface area (Å²) in [5, 5.41) is 5.82. The van der Waals surface area contributed by atoms with Gasteiger partial charge in [-0.25, -0.2) is 13.3 Å². The van der Waals surface area contributed by atoms with Crippen molar-refractivity contribution in [3.05, 3.63) is 63.9 Å². The molecule has 0 saturated carbocycles. The van der Waals surface area contributed by atoms with Gasteiger partial charge in [-0.2, -0.15) is 0 Å². The normalized spacial score (nSPS) is 10.6. The van der Waals surface area contributed by atoms with Crippen molar-refractivity contribution in [2.24, 2.45) is 16.6 Å². The van der Waals surface area contributed by atoms with E-state index in [4.69, 9.17) is 22.9 Å². The van der Waals surface area contributed by atoms with Crippen molar-refractivity contribution in [3.8, 4) is 0 Å². The van der Waals surface area contributed by atoms with E-state index < -0.39 is 21.5 Å². The fraction of sp³-hybridized carbons (Fsp3) is 0.222. The second-order valence-electron chi connectivity index (χ2n) is 6.19. The van der Waals surface area contributed by atoms with Gasteiger partial charge in [-0.3, -0.25) is 14.3 Å². The van der Waals surface area contributed by atoms with Gasteiger partial charge in [0.15, 0.2) is 5.69 Å². The van der Waals surface area contributed by atoms with Gasteiger partial charge in [-0.05, 0) is 36.3 Å². The first-order valence-electron chi connectivity index (χ1n) is 8.82. The summed E-state index contributed by atoms with van der Waals surface area (Å²) in [5.74, 6) is -0.753. The molecule has 0 spiro atoms. The average Bonchev–Trinajstić information content (AvgIpc) is 2.72. The summed E-state index contributed by atoms with van der Waals surface area (Å²) >= 11 is 0. The number of nitrogens with two attached hydrogens (primary N) is 2. The number of aromatic nitrogens is 1. The summed E-state index contributed by atoms with van der Waals surface area (Å²) in [7, 11) is -4.11. The summed E-state index contributed by atoms with van der Waals surface area (Å²) in [6.07, 6.45) is 0. The fourth-order valence-electron chi connectivity index (χ4n) is 2.42. The number of pyridine rings is 1. The second-order valence-corrected chi connectivity index (χ2v) is 7.88. The molecule has 0 aliphatic carbocycles. The smallest absolute Gasteiger partial charge is 0.275 e. The molecule has 1 heterocycles. The molecule has 0 bridgehead atoms. The van der Waals surface area contributed by atoms with Crippen LogP contribution in [0, 0.1) is 13.5 Å². The molecule has 2 aromatic rings. The van der Waals surface area contributed by atoms with Crippen LogP contribution in [0.1, 0.15) is 5.69 Å². The third kappa shape index (κ3) is 6.47. The Hall–Kier alpha value is -4.05. The third-order valence-corrected chi connectivity index (χ3v) is 5.24. The third-order valence-electron chi connectivity index (χ3n) is 3.88. The number of oxime groups is 1. The number of amides is 1. The van der Waals surface area contributed by atoms with Crippen molar-refractivity contribution in [3.63, 3.8) is 0 Å². The van der Waals surface area contributed by atoms with Gasteiger partial charge in [0.1, 0.15) is 18.8 Å². The standard InChI is InChI=1S/C18H21N7O5S/c1-12-6-7-15(24-31(28,29)14-5-3-4-13(10-14)21-2)17(27)25(12)11-16(26)22-8-9-30-23-18(19)20/h3-7,10,24H,8-9,11H2,1H3,(H,22,26)(H4,19,20,23). The first-order chi connectivity index (χ1) is 14.6. The molecule has 13 heteroatoms. The molecule has 1 amide bonds. The predicted molar refractivity (Wildman–Crippen MR) is 114 cm³/mol. The molecule has 6 N–H and O–H groups in total. The number of carbonyl (C=O) groups excluding carboxylic acids is 1. The van der Waals surface area contributed by atoms with E-state index in [1.807, 2.05) is 0 Å².